The van der Waals surface area contributed by atoms with Crippen molar-refractivity contribution < 1.29 is 9.53 Å². The maximum Gasteiger partial charge on any atom is 0.233 e. The molecule has 2 rings (SSSR count). The van der Waals surface area contributed by atoms with Gasteiger partial charge in [0.2, 0.25) is 11.8 Å². The molecule has 0 aliphatic rings. The van der Waals surface area contributed by atoms with E-state index < -0.39 is 0 Å². The Balaban J connectivity index is 2.03. The molecule has 0 aliphatic carbocycles. The average Bonchev–Trinajstić information content (AvgIpc) is 2.48. The number of carbonyl (C=O) groups excluding carboxylic acids is 1. The Bertz CT molecular complexity index is 609. The second kappa shape index (κ2) is 7.54. The molecule has 1 aromatic heterocycles. The zero-order valence-electron chi connectivity index (χ0n) is 13.2. The topological polar surface area (TPSA) is 64.1 Å². The number of hydrogen-bond donors (Lipinski definition) is 1. The van der Waals surface area contributed by atoms with E-state index in [0.717, 1.165) is 17.7 Å². The molecule has 0 fully saturated rings. The summed E-state index contributed by atoms with van der Waals surface area (Å²) in [6, 6.07) is 12.0. The summed E-state index contributed by atoms with van der Waals surface area (Å²) in [6.07, 6.45) is 0.800. The minimum atomic E-state index is -0.00576. The third-order valence-electron chi connectivity index (χ3n) is 3.17. The Labute approximate surface area is 130 Å². The molecule has 1 N–H and O–H groups in total. The number of aromatic nitrogens is 2. The average molecular weight is 299 g/mol. The summed E-state index contributed by atoms with van der Waals surface area (Å²) in [5.74, 6) is 0.529. The molecule has 5 nitrogen and oxygen atoms in total. The van der Waals surface area contributed by atoms with E-state index in [1.807, 2.05) is 50.2 Å². The summed E-state index contributed by atoms with van der Waals surface area (Å²) >= 11 is 0. The van der Waals surface area contributed by atoms with Gasteiger partial charge in [-0.3, -0.25) is 4.79 Å². The largest absolute Gasteiger partial charge is 0.477 e. The van der Waals surface area contributed by atoms with Crippen LogP contribution in [-0.4, -0.2) is 28.8 Å². The molecule has 0 spiro atoms. The summed E-state index contributed by atoms with van der Waals surface area (Å²) in [5, 5.41) is 11.1. The molecule has 116 valence electrons. The zero-order chi connectivity index (χ0) is 15.9. The van der Waals surface area contributed by atoms with E-state index in [4.69, 9.17) is 4.74 Å². The van der Waals surface area contributed by atoms with Crippen LogP contribution in [0.3, 0.4) is 0 Å². The Morgan fingerprint density at radius 1 is 1.18 bits per heavy atom. The second-order valence-electron chi connectivity index (χ2n) is 5.19. The van der Waals surface area contributed by atoms with Gasteiger partial charge in [-0.15, -0.1) is 10.2 Å². The molecule has 1 atom stereocenters. The minimum Gasteiger partial charge on any atom is -0.477 e. The zero-order valence-corrected chi connectivity index (χ0v) is 13.2. The van der Waals surface area contributed by atoms with E-state index in [9.17, 15) is 4.79 Å². The van der Waals surface area contributed by atoms with Crippen LogP contribution in [0.15, 0.2) is 36.4 Å². The van der Waals surface area contributed by atoms with Gasteiger partial charge in [-0.25, -0.2) is 0 Å². The number of benzene rings is 1. The molecule has 0 radical (unpaired) electrons. The molecule has 5 heteroatoms. The van der Waals surface area contributed by atoms with Gasteiger partial charge in [-0.1, -0.05) is 24.3 Å². The van der Waals surface area contributed by atoms with Gasteiger partial charge < -0.3 is 10.1 Å². The van der Waals surface area contributed by atoms with E-state index in [0.29, 0.717) is 12.5 Å². The van der Waals surface area contributed by atoms with Crippen molar-refractivity contribution in [2.45, 2.75) is 33.2 Å². The number of hydrogen-bond acceptors (Lipinski definition) is 4. The number of rotatable bonds is 6. The van der Waals surface area contributed by atoms with Crippen molar-refractivity contribution in [3.63, 3.8) is 0 Å². The van der Waals surface area contributed by atoms with Crippen molar-refractivity contribution in [3.05, 3.63) is 42.0 Å². The van der Waals surface area contributed by atoms with Crippen LogP contribution in [0.1, 0.15) is 26.3 Å². The van der Waals surface area contributed by atoms with Crippen molar-refractivity contribution in [2.24, 2.45) is 0 Å². The van der Waals surface area contributed by atoms with Crippen molar-refractivity contribution in [1.82, 2.24) is 15.5 Å². The van der Waals surface area contributed by atoms with Crippen LogP contribution >= 0.6 is 0 Å². The lowest BCUT2D eigenvalue weighted by Crippen LogP contribution is -2.31. The fourth-order valence-electron chi connectivity index (χ4n) is 2.26. The molecule has 22 heavy (non-hydrogen) atoms. The van der Waals surface area contributed by atoms with Gasteiger partial charge in [0.05, 0.1) is 12.3 Å². The standard InChI is InChI=1S/C17H21N3O2/c1-4-22-17-10-9-16(19-20-17)15-7-5-14(6-8-15)11-12(2)18-13(3)21/h5-10,12H,4,11H2,1-3H3,(H,18,21). The second-order valence-corrected chi connectivity index (χ2v) is 5.19. The normalized spacial score (nSPS) is 11.8. The van der Waals surface area contributed by atoms with Crippen LogP contribution in [-0.2, 0) is 11.2 Å². The number of carbonyl (C=O) groups is 1. The van der Waals surface area contributed by atoms with Gasteiger partial charge in [0.1, 0.15) is 0 Å². The third-order valence-corrected chi connectivity index (χ3v) is 3.17. The van der Waals surface area contributed by atoms with Crippen LogP contribution in [0.5, 0.6) is 5.88 Å². The SMILES string of the molecule is CCOc1ccc(-c2ccc(CC(C)NC(C)=O)cc2)nn1. The van der Waals surface area contributed by atoms with E-state index in [1.165, 1.54) is 12.5 Å². The molecular formula is C17H21N3O2. The van der Waals surface area contributed by atoms with Gasteiger partial charge in [0.25, 0.3) is 0 Å². The quantitative estimate of drug-likeness (QED) is 0.890. The minimum absolute atomic E-state index is 0.00576. The third kappa shape index (κ3) is 4.55. The van der Waals surface area contributed by atoms with E-state index in [1.54, 1.807) is 0 Å². The summed E-state index contributed by atoms with van der Waals surface area (Å²) in [4.78, 5) is 11.0. The van der Waals surface area contributed by atoms with Crippen LogP contribution in [0, 0.1) is 0 Å². The maximum absolute atomic E-state index is 11.0. The number of nitrogens with zero attached hydrogens (tertiary/aromatic N) is 2. The maximum atomic E-state index is 11.0. The summed E-state index contributed by atoms with van der Waals surface area (Å²) in [7, 11) is 0. The predicted octanol–water partition coefficient (Wildman–Crippen LogP) is 2.61. The lowest BCUT2D eigenvalue weighted by Gasteiger charge is -2.12. The summed E-state index contributed by atoms with van der Waals surface area (Å²) in [5.41, 5.74) is 2.99. The van der Waals surface area contributed by atoms with Crippen LogP contribution in [0.25, 0.3) is 11.3 Å². The fraction of sp³-hybridized carbons (Fsp3) is 0.353. The van der Waals surface area contributed by atoms with Crippen molar-refractivity contribution >= 4 is 5.91 Å². The lowest BCUT2D eigenvalue weighted by atomic mass is 10.0. The Morgan fingerprint density at radius 3 is 2.45 bits per heavy atom. The van der Waals surface area contributed by atoms with Gasteiger partial charge in [-0.2, -0.15) is 0 Å². The molecule has 0 saturated carbocycles. The highest BCUT2D eigenvalue weighted by Crippen LogP contribution is 2.19. The van der Waals surface area contributed by atoms with Gasteiger partial charge in [-0.05, 0) is 31.9 Å². The first kappa shape index (κ1) is 15.9. The fourth-order valence-corrected chi connectivity index (χ4v) is 2.26. The Kier molecular flexibility index (Phi) is 5.47. The van der Waals surface area contributed by atoms with Gasteiger partial charge >= 0.3 is 0 Å². The molecule has 1 aromatic carbocycles. The van der Waals surface area contributed by atoms with Gasteiger partial charge in [0.15, 0.2) is 0 Å². The highest BCUT2D eigenvalue weighted by Gasteiger charge is 2.06. The van der Waals surface area contributed by atoms with Crippen molar-refractivity contribution in [2.75, 3.05) is 6.61 Å². The molecule has 0 aliphatic heterocycles. The summed E-state index contributed by atoms with van der Waals surface area (Å²) < 4.78 is 5.28. The molecule has 1 amide bonds. The van der Waals surface area contributed by atoms with Crippen LogP contribution in [0.4, 0.5) is 0 Å². The Morgan fingerprint density at radius 2 is 1.91 bits per heavy atom. The predicted molar refractivity (Wildman–Crippen MR) is 85.6 cm³/mol. The molecule has 0 bridgehead atoms. The monoisotopic (exact) mass is 299 g/mol. The molecule has 2 aromatic rings. The first-order chi connectivity index (χ1) is 10.6. The summed E-state index contributed by atoms with van der Waals surface area (Å²) in [6.45, 7) is 6.02. The van der Waals surface area contributed by atoms with Gasteiger partial charge in [0, 0.05) is 24.6 Å². The van der Waals surface area contributed by atoms with Crippen LogP contribution in [0.2, 0.25) is 0 Å². The van der Waals surface area contributed by atoms with E-state index >= 15 is 0 Å². The lowest BCUT2D eigenvalue weighted by molar-refractivity contribution is -0.119. The highest BCUT2D eigenvalue weighted by atomic mass is 16.5. The first-order valence-corrected chi connectivity index (χ1v) is 7.41. The molecule has 1 heterocycles. The van der Waals surface area contributed by atoms with E-state index in [-0.39, 0.29) is 11.9 Å². The van der Waals surface area contributed by atoms with Crippen molar-refractivity contribution in [1.29, 1.82) is 0 Å². The first-order valence-electron chi connectivity index (χ1n) is 7.41. The molecular weight excluding hydrogens is 278 g/mol. The number of ether oxygens (including phenoxy) is 1. The van der Waals surface area contributed by atoms with Crippen LogP contribution < -0.4 is 10.1 Å². The number of amides is 1. The molecule has 0 saturated heterocycles. The Hall–Kier alpha value is -2.43. The smallest absolute Gasteiger partial charge is 0.233 e. The molecule has 1 unspecified atom stereocenters. The highest BCUT2D eigenvalue weighted by molar-refractivity contribution is 5.73. The van der Waals surface area contributed by atoms with E-state index in [2.05, 4.69) is 15.5 Å². The van der Waals surface area contributed by atoms with Crippen molar-refractivity contribution in [3.8, 4) is 17.1 Å². The number of nitrogens with one attached hydrogen (secondary N) is 1.